The number of nitrogens with zero attached hydrogens (tertiary/aromatic N) is 1. The van der Waals surface area contributed by atoms with Crippen LogP contribution in [0.4, 0.5) is 0 Å². The maximum Gasteiger partial charge on any atom is 0.243 e. The SMILES string of the molecule is CN([C@H]1CS(=O)(=O)C[C@H]1O)S(=O)(=O)c1ccc(Cl)c(Cl)c1. The number of rotatable bonds is 3. The van der Waals surface area contributed by atoms with Gasteiger partial charge in [0, 0.05) is 7.05 Å². The smallest absolute Gasteiger partial charge is 0.243 e. The zero-order chi connectivity index (χ0) is 16.0. The number of hydrogen-bond acceptors (Lipinski definition) is 5. The van der Waals surface area contributed by atoms with Gasteiger partial charge >= 0.3 is 0 Å². The molecular weight excluding hydrogens is 361 g/mol. The van der Waals surface area contributed by atoms with Crippen molar-refractivity contribution in [1.29, 1.82) is 0 Å². The number of hydrogen-bond donors (Lipinski definition) is 1. The molecule has 0 bridgehead atoms. The van der Waals surface area contributed by atoms with Crippen LogP contribution in [-0.4, -0.2) is 56.9 Å². The van der Waals surface area contributed by atoms with E-state index in [0.717, 1.165) is 4.31 Å². The molecule has 0 amide bonds. The molecule has 21 heavy (non-hydrogen) atoms. The minimum absolute atomic E-state index is 0.0748. The van der Waals surface area contributed by atoms with E-state index in [9.17, 15) is 21.9 Å². The van der Waals surface area contributed by atoms with Crippen molar-refractivity contribution in [2.24, 2.45) is 0 Å². The molecule has 1 aliphatic rings. The fourth-order valence-electron chi connectivity index (χ4n) is 2.14. The Morgan fingerprint density at radius 2 is 1.86 bits per heavy atom. The molecule has 0 radical (unpaired) electrons. The zero-order valence-electron chi connectivity index (χ0n) is 10.9. The Kier molecular flexibility index (Phi) is 4.59. The number of benzene rings is 1. The van der Waals surface area contributed by atoms with Crippen LogP contribution in [0.5, 0.6) is 0 Å². The largest absolute Gasteiger partial charge is 0.390 e. The van der Waals surface area contributed by atoms with Crippen LogP contribution in [0.25, 0.3) is 0 Å². The predicted octanol–water partition coefficient (Wildman–Crippen LogP) is 0.772. The molecule has 0 aromatic heterocycles. The van der Waals surface area contributed by atoms with Gasteiger partial charge in [-0.2, -0.15) is 4.31 Å². The Labute approximate surface area is 133 Å². The van der Waals surface area contributed by atoms with Crippen LogP contribution in [0, 0.1) is 0 Å². The van der Waals surface area contributed by atoms with E-state index in [1.807, 2.05) is 0 Å². The highest BCUT2D eigenvalue weighted by atomic mass is 35.5. The number of sulfonamides is 1. The number of sulfone groups is 1. The van der Waals surface area contributed by atoms with Crippen LogP contribution in [-0.2, 0) is 19.9 Å². The summed E-state index contributed by atoms with van der Waals surface area (Å²) in [6.45, 7) is 0. The van der Waals surface area contributed by atoms with Gasteiger partial charge in [-0.25, -0.2) is 16.8 Å². The minimum atomic E-state index is -3.98. The number of halogens is 2. The third-order valence-electron chi connectivity index (χ3n) is 3.33. The Bertz CT molecular complexity index is 763. The van der Waals surface area contributed by atoms with Crippen molar-refractivity contribution in [3.8, 4) is 0 Å². The van der Waals surface area contributed by atoms with Crippen molar-refractivity contribution in [3.05, 3.63) is 28.2 Å². The normalized spacial score (nSPS) is 25.4. The Morgan fingerprint density at radius 1 is 1.24 bits per heavy atom. The highest BCUT2D eigenvalue weighted by Gasteiger charge is 2.43. The van der Waals surface area contributed by atoms with E-state index in [-0.39, 0.29) is 14.9 Å². The van der Waals surface area contributed by atoms with E-state index in [0.29, 0.717) is 0 Å². The second-order valence-corrected chi connectivity index (χ2v) is 9.77. The van der Waals surface area contributed by atoms with Crippen LogP contribution in [0.15, 0.2) is 23.1 Å². The van der Waals surface area contributed by atoms with Gasteiger partial charge in [0.2, 0.25) is 10.0 Å². The number of aliphatic hydroxyl groups excluding tert-OH is 1. The molecule has 2 rings (SSSR count). The van der Waals surface area contributed by atoms with Crippen LogP contribution >= 0.6 is 23.2 Å². The molecule has 1 heterocycles. The van der Waals surface area contributed by atoms with Gasteiger partial charge in [-0.3, -0.25) is 0 Å². The first-order valence-electron chi connectivity index (χ1n) is 5.86. The van der Waals surface area contributed by atoms with Crippen molar-refractivity contribution in [2.45, 2.75) is 17.0 Å². The molecule has 1 aromatic carbocycles. The van der Waals surface area contributed by atoms with Gasteiger partial charge in [0.15, 0.2) is 9.84 Å². The van der Waals surface area contributed by atoms with Gasteiger partial charge in [0.25, 0.3) is 0 Å². The van der Waals surface area contributed by atoms with E-state index >= 15 is 0 Å². The van der Waals surface area contributed by atoms with Crippen molar-refractivity contribution >= 4 is 43.1 Å². The summed E-state index contributed by atoms with van der Waals surface area (Å²) < 4.78 is 48.8. The van der Waals surface area contributed by atoms with Crippen molar-refractivity contribution in [1.82, 2.24) is 4.31 Å². The molecule has 1 N–H and O–H groups in total. The lowest BCUT2D eigenvalue weighted by atomic mass is 10.2. The topological polar surface area (TPSA) is 91.8 Å². The average molecular weight is 374 g/mol. The number of aliphatic hydroxyl groups is 1. The lowest BCUT2D eigenvalue weighted by Crippen LogP contribution is -2.44. The van der Waals surface area contributed by atoms with Gasteiger partial charge in [0.1, 0.15) is 0 Å². The molecule has 118 valence electrons. The van der Waals surface area contributed by atoms with Crippen molar-refractivity contribution in [2.75, 3.05) is 18.6 Å². The summed E-state index contributed by atoms with van der Waals surface area (Å²) >= 11 is 11.5. The number of likely N-dealkylation sites (N-methyl/N-ethyl adjacent to an activating group) is 1. The molecule has 0 saturated carbocycles. The standard InChI is InChI=1S/C11H13Cl2NO5S2/c1-14(10-5-20(16,17)6-11(10)15)21(18,19)7-2-3-8(12)9(13)4-7/h2-4,10-11,15H,5-6H2,1H3/t10-,11+/m0/s1. The first kappa shape index (κ1) is 17.0. The third-order valence-corrected chi connectivity index (χ3v) is 7.65. The lowest BCUT2D eigenvalue weighted by Gasteiger charge is -2.25. The predicted molar refractivity (Wildman–Crippen MR) is 79.9 cm³/mol. The third kappa shape index (κ3) is 3.35. The van der Waals surface area contributed by atoms with E-state index in [1.165, 1.54) is 25.2 Å². The first-order chi connectivity index (χ1) is 9.54. The fraction of sp³-hybridized carbons (Fsp3) is 0.455. The van der Waals surface area contributed by atoms with Gasteiger partial charge in [-0.05, 0) is 18.2 Å². The summed E-state index contributed by atoms with van der Waals surface area (Å²) in [4.78, 5) is -0.115. The molecule has 6 nitrogen and oxygen atoms in total. The monoisotopic (exact) mass is 373 g/mol. The van der Waals surface area contributed by atoms with Gasteiger partial charge in [0.05, 0.1) is 38.6 Å². The molecule has 0 unspecified atom stereocenters. The molecule has 1 aromatic rings. The maximum atomic E-state index is 12.5. The van der Waals surface area contributed by atoms with Crippen LogP contribution in [0.1, 0.15) is 0 Å². The first-order valence-corrected chi connectivity index (χ1v) is 9.88. The molecular formula is C11H13Cl2NO5S2. The summed E-state index contributed by atoms with van der Waals surface area (Å²) in [6.07, 6.45) is -1.25. The second-order valence-electron chi connectivity index (χ2n) is 4.81. The van der Waals surface area contributed by atoms with Crippen molar-refractivity contribution in [3.63, 3.8) is 0 Å². The molecule has 1 aliphatic heterocycles. The lowest BCUT2D eigenvalue weighted by molar-refractivity contribution is 0.137. The van der Waals surface area contributed by atoms with Gasteiger partial charge < -0.3 is 5.11 Å². The molecule has 0 spiro atoms. The summed E-state index contributed by atoms with van der Waals surface area (Å²) in [7, 11) is -6.20. The van der Waals surface area contributed by atoms with E-state index in [2.05, 4.69) is 0 Å². The molecule has 2 atom stereocenters. The van der Waals surface area contributed by atoms with Gasteiger partial charge in [-0.15, -0.1) is 0 Å². The molecule has 0 aliphatic carbocycles. The Morgan fingerprint density at radius 3 is 2.33 bits per heavy atom. The minimum Gasteiger partial charge on any atom is -0.390 e. The van der Waals surface area contributed by atoms with E-state index in [1.54, 1.807) is 0 Å². The summed E-state index contributed by atoms with van der Waals surface area (Å²) in [5.41, 5.74) is 0. The average Bonchev–Trinajstić information content (AvgIpc) is 2.65. The van der Waals surface area contributed by atoms with Crippen molar-refractivity contribution < 1.29 is 21.9 Å². The Hall–Kier alpha value is -0.380. The zero-order valence-corrected chi connectivity index (χ0v) is 14.0. The second kappa shape index (κ2) is 5.68. The molecule has 1 fully saturated rings. The van der Waals surface area contributed by atoms with Crippen LogP contribution in [0.2, 0.25) is 10.0 Å². The summed E-state index contributed by atoms with van der Waals surface area (Å²) in [6, 6.07) is 2.78. The highest BCUT2D eigenvalue weighted by Crippen LogP contribution is 2.28. The highest BCUT2D eigenvalue weighted by molar-refractivity contribution is 7.92. The maximum absolute atomic E-state index is 12.5. The van der Waals surface area contributed by atoms with E-state index < -0.39 is 43.5 Å². The molecule has 10 heteroatoms. The fourth-order valence-corrected chi connectivity index (χ4v) is 5.85. The summed E-state index contributed by atoms with van der Waals surface area (Å²) in [5.74, 6) is -0.857. The van der Waals surface area contributed by atoms with Gasteiger partial charge in [-0.1, -0.05) is 23.2 Å². The quantitative estimate of drug-likeness (QED) is 0.844. The Balaban J connectivity index is 2.37. The summed E-state index contributed by atoms with van der Waals surface area (Å²) in [5, 5.41) is 10.1. The van der Waals surface area contributed by atoms with E-state index in [4.69, 9.17) is 23.2 Å². The molecule has 1 saturated heterocycles. The van der Waals surface area contributed by atoms with Crippen LogP contribution in [0.3, 0.4) is 0 Å². The van der Waals surface area contributed by atoms with Crippen LogP contribution < -0.4 is 0 Å².